The quantitative estimate of drug-likeness (QED) is 0.428. The number of carboxylic acids is 1. The van der Waals surface area contributed by atoms with Gasteiger partial charge in [0.25, 0.3) is 0 Å². The molecular formula is C30H37ClN4O8. The number of carbonyl (C=O) groups is 4. The fraction of sp³-hybridized carbons (Fsp3) is 0.567. The van der Waals surface area contributed by atoms with E-state index in [4.69, 9.17) is 25.5 Å². The smallest absolute Gasteiger partial charge is 0.408 e. The first-order valence-corrected chi connectivity index (χ1v) is 15.0. The monoisotopic (exact) mass is 616 g/mol. The Bertz CT molecular complexity index is 1430. The molecule has 1 aliphatic carbocycles. The molecule has 3 heterocycles. The maximum atomic E-state index is 14.0. The number of amides is 3. The van der Waals surface area contributed by atoms with Crippen molar-refractivity contribution in [1.29, 1.82) is 0 Å². The summed E-state index contributed by atoms with van der Waals surface area (Å²) in [5.41, 5.74) is -1.26. The second-order valence-corrected chi connectivity index (χ2v) is 12.9. The fourth-order valence-corrected chi connectivity index (χ4v) is 5.84. The van der Waals surface area contributed by atoms with Gasteiger partial charge in [0.15, 0.2) is 5.58 Å². The van der Waals surface area contributed by atoms with Crippen LogP contribution in [0, 0.1) is 5.92 Å². The minimum Gasteiger partial charge on any atom is -0.479 e. The Balaban J connectivity index is 1.42. The van der Waals surface area contributed by atoms with Crippen LogP contribution in [-0.2, 0) is 19.1 Å². The van der Waals surface area contributed by atoms with E-state index in [1.165, 1.54) is 4.90 Å². The van der Waals surface area contributed by atoms with Gasteiger partial charge in [-0.15, -0.1) is 0 Å². The van der Waals surface area contributed by atoms with Gasteiger partial charge in [0.1, 0.15) is 34.8 Å². The minimum absolute atomic E-state index is 0.00764. The molecule has 0 radical (unpaired) electrons. The van der Waals surface area contributed by atoms with Crippen molar-refractivity contribution in [2.24, 2.45) is 5.92 Å². The van der Waals surface area contributed by atoms with E-state index in [-0.39, 0.29) is 31.4 Å². The molecule has 3 N–H and O–H groups in total. The van der Waals surface area contributed by atoms with Crippen LogP contribution in [0.5, 0.6) is 6.08 Å². The second kappa shape index (κ2) is 12.1. The zero-order valence-corrected chi connectivity index (χ0v) is 25.2. The van der Waals surface area contributed by atoms with Gasteiger partial charge in [-0.2, -0.15) is 4.98 Å². The van der Waals surface area contributed by atoms with Crippen LogP contribution in [-0.4, -0.2) is 74.7 Å². The van der Waals surface area contributed by atoms with Crippen LogP contribution in [0.25, 0.3) is 11.1 Å². The molecule has 43 heavy (non-hydrogen) atoms. The molecule has 13 heteroatoms. The molecule has 0 unspecified atom stereocenters. The molecule has 5 rings (SSSR count). The Kier molecular flexibility index (Phi) is 8.60. The number of allylic oxidation sites excluding steroid dienone is 1. The lowest BCUT2D eigenvalue weighted by atomic mass is 10.0. The first-order chi connectivity index (χ1) is 20.3. The maximum absolute atomic E-state index is 14.0. The summed E-state index contributed by atoms with van der Waals surface area (Å²) >= 11 is 6.06. The number of nitrogens with one attached hydrogen (secondary N) is 2. The summed E-state index contributed by atoms with van der Waals surface area (Å²) in [4.78, 5) is 58.4. The highest BCUT2D eigenvalue weighted by Gasteiger charge is 2.61. The molecule has 1 aromatic heterocycles. The number of halogens is 1. The van der Waals surface area contributed by atoms with E-state index >= 15 is 0 Å². The van der Waals surface area contributed by atoms with Crippen molar-refractivity contribution < 1.29 is 38.2 Å². The van der Waals surface area contributed by atoms with Crippen LogP contribution in [0.3, 0.4) is 0 Å². The normalized spacial score (nSPS) is 28.2. The van der Waals surface area contributed by atoms with E-state index in [9.17, 15) is 24.3 Å². The van der Waals surface area contributed by atoms with Gasteiger partial charge in [-0.25, -0.2) is 9.59 Å². The van der Waals surface area contributed by atoms with Gasteiger partial charge in [0, 0.05) is 17.4 Å². The van der Waals surface area contributed by atoms with Crippen molar-refractivity contribution in [3.63, 3.8) is 0 Å². The van der Waals surface area contributed by atoms with Crippen molar-refractivity contribution in [3.8, 4) is 6.08 Å². The Morgan fingerprint density at radius 1 is 1.23 bits per heavy atom. The van der Waals surface area contributed by atoms with Gasteiger partial charge in [-0.3, -0.25) is 9.59 Å². The van der Waals surface area contributed by atoms with Crippen molar-refractivity contribution in [2.45, 2.75) is 95.0 Å². The number of ether oxygens (including phenoxy) is 2. The van der Waals surface area contributed by atoms with Gasteiger partial charge < -0.3 is 34.5 Å². The van der Waals surface area contributed by atoms with Crippen LogP contribution < -0.4 is 15.4 Å². The lowest BCUT2D eigenvalue weighted by molar-refractivity contribution is -0.145. The van der Waals surface area contributed by atoms with Gasteiger partial charge in [-0.05, 0) is 64.7 Å². The standard InChI is InChI=1S/C30H37ClN4O8/c1-29(2,3)43-27(40)32-20-10-8-6-4-5-7-9-17-15-30(17,26(38)39)34-24(36)22-14-19(16-35(22)25(20)37)41-28-33-21-13-18(31)11-12-23(21)42-28/h7,9,11-13,17,19-20,22H,4-6,8,10,14-16H2,1-3H3,(H,32,40)(H,34,36)(H,38,39)/t17-,19-,20+,22+,30-/m1/s1. The number of nitrogens with zero attached hydrogens (tertiary/aromatic N) is 2. The third kappa shape index (κ3) is 7.06. The third-order valence-corrected chi connectivity index (χ3v) is 8.14. The highest BCUT2D eigenvalue weighted by molar-refractivity contribution is 6.31. The van der Waals surface area contributed by atoms with Crippen molar-refractivity contribution in [2.75, 3.05) is 6.54 Å². The average Bonchev–Trinajstić information content (AvgIpc) is 3.23. The molecule has 12 nitrogen and oxygen atoms in total. The number of hydrogen-bond acceptors (Lipinski definition) is 8. The zero-order valence-electron chi connectivity index (χ0n) is 24.4. The van der Waals surface area contributed by atoms with Crippen molar-refractivity contribution in [1.82, 2.24) is 20.5 Å². The Hall–Kier alpha value is -3.80. The van der Waals surface area contributed by atoms with Crippen molar-refractivity contribution in [3.05, 3.63) is 35.4 Å². The Morgan fingerprint density at radius 2 is 2.02 bits per heavy atom. The number of aliphatic carboxylic acids is 1. The molecule has 232 valence electrons. The van der Waals surface area contributed by atoms with Crippen LogP contribution >= 0.6 is 11.6 Å². The summed E-state index contributed by atoms with van der Waals surface area (Å²) in [5, 5.41) is 15.9. The lowest BCUT2D eigenvalue weighted by Crippen LogP contribution is -2.56. The summed E-state index contributed by atoms with van der Waals surface area (Å²) in [6, 6.07) is 2.93. The van der Waals surface area contributed by atoms with Gasteiger partial charge in [-0.1, -0.05) is 36.6 Å². The van der Waals surface area contributed by atoms with Crippen molar-refractivity contribution >= 4 is 46.6 Å². The molecule has 0 spiro atoms. The number of carbonyl (C=O) groups excluding carboxylic acids is 3. The van der Waals surface area contributed by atoms with E-state index in [1.807, 2.05) is 12.2 Å². The van der Waals surface area contributed by atoms with E-state index in [0.717, 1.165) is 19.3 Å². The van der Waals surface area contributed by atoms with Crippen LogP contribution in [0.2, 0.25) is 5.02 Å². The number of hydrogen-bond donors (Lipinski definition) is 3. The summed E-state index contributed by atoms with van der Waals surface area (Å²) in [6.07, 6.45) is 6.01. The first kappa shape index (κ1) is 30.7. The van der Waals surface area contributed by atoms with Gasteiger partial charge in [0.2, 0.25) is 11.8 Å². The summed E-state index contributed by atoms with van der Waals surface area (Å²) in [7, 11) is 0. The molecule has 1 saturated carbocycles. The lowest BCUT2D eigenvalue weighted by Gasteiger charge is -2.30. The topological polar surface area (TPSA) is 160 Å². The highest BCUT2D eigenvalue weighted by Crippen LogP contribution is 2.45. The number of benzene rings is 1. The highest BCUT2D eigenvalue weighted by atomic mass is 35.5. The number of aromatic nitrogens is 1. The summed E-state index contributed by atoms with van der Waals surface area (Å²) in [6.45, 7) is 5.17. The predicted octanol–water partition coefficient (Wildman–Crippen LogP) is 4.20. The number of alkyl carbamates (subject to hydrolysis) is 1. The summed E-state index contributed by atoms with van der Waals surface area (Å²) < 4.78 is 17.1. The summed E-state index contributed by atoms with van der Waals surface area (Å²) in [5.74, 6) is -2.55. The molecule has 2 aliphatic heterocycles. The Morgan fingerprint density at radius 3 is 2.77 bits per heavy atom. The second-order valence-electron chi connectivity index (χ2n) is 12.4. The number of rotatable bonds is 4. The van der Waals surface area contributed by atoms with Crippen LogP contribution in [0.4, 0.5) is 4.79 Å². The minimum atomic E-state index is -1.44. The molecule has 2 fully saturated rings. The van der Waals surface area contributed by atoms with E-state index in [1.54, 1.807) is 39.0 Å². The number of fused-ring (bicyclic) bond motifs is 3. The molecule has 0 bridgehead atoms. The molecule has 1 aromatic carbocycles. The molecule has 5 atom stereocenters. The Labute approximate surface area is 254 Å². The van der Waals surface area contributed by atoms with E-state index in [2.05, 4.69) is 15.6 Å². The van der Waals surface area contributed by atoms with Crippen LogP contribution in [0.15, 0.2) is 34.8 Å². The van der Waals surface area contributed by atoms with Gasteiger partial charge in [0.05, 0.1) is 6.54 Å². The third-order valence-electron chi connectivity index (χ3n) is 7.91. The largest absolute Gasteiger partial charge is 0.479 e. The average molecular weight is 617 g/mol. The number of carboxylic acid groups (broad SMARTS) is 1. The molecule has 2 aromatic rings. The molecule has 3 amide bonds. The van der Waals surface area contributed by atoms with Crippen LogP contribution in [0.1, 0.15) is 65.7 Å². The fourth-order valence-electron chi connectivity index (χ4n) is 5.67. The van der Waals surface area contributed by atoms with E-state index in [0.29, 0.717) is 29.0 Å². The van der Waals surface area contributed by atoms with Gasteiger partial charge >= 0.3 is 18.1 Å². The molecular weight excluding hydrogens is 580 g/mol. The maximum Gasteiger partial charge on any atom is 0.408 e. The SMILES string of the molecule is CC(C)(C)OC(=O)N[C@H]1CCCCCC=C[C@@H]2C[C@@]2(C(=O)O)NC(=O)[C@@H]2C[C@@H](Oc3nc4cc(Cl)ccc4o3)CN2C1=O. The first-order valence-electron chi connectivity index (χ1n) is 14.6. The number of oxazole rings is 1. The molecule has 3 aliphatic rings. The van der Waals surface area contributed by atoms with E-state index < -0.39 is 53.2 Å². The zero-order chi connectivity index (χ0) is 30.9. The molecule has 1 saturated heterocycles. The predicted molar refractivity (Wildman–Crippen MR) is 156 cm³/mol.